The minimum absolute atomic E-state index is 0.194. The molecule has 0 atom stereocenters. The Hall–Kier alpha value is -1.85. The molecule has 0 spiro atoms. The van der Waals surface area contributed by atoms with Gasteiger partial charge in [0.1, 0.15) is 5.60 Å². The van der Waals surface area contributed by atoms with E-state index < -0.39 is 11.7 Å². The first-order valence-electron chi connectivity index (χ1n) is 4.90. The highest BCUT2D eigenvalue weighted by molar-refractivity contribution is 5.91. The van der Waals surface area contributed by atoms with Crippen LogP contribution < -0.4 is 5.41 Å². The van der Waals surface area contributed by atoms with Crippen molar-refractivity contribution in [3.05, 3.63) is 18.5 Å². The average molecular weight is 225 g/mol. The van der Waals surface area contributed by atoms with E-state index in [9.17, 15) is 4.79 Å². The van der Waals surface area contributed by atoms with E-state index in [4.69, 9.17) is 10.1 Å². The summed E-state index contributed by atoms with van der Waals surface area (Å²) in [6, 6.07) is 1.72. The smallest absolute Gasteiger partial charge is 0.432 e. The Labute approximate surface area is 94.3 Å². The molecule has 1 amide bonds. The number of hydrogen-bond acceptors (Lipinski definition) is 3. The molecule has 0 saturated carbocycles. The molecule has 0 aliphatic heterocycles. The van der Waals surface area contributed by atoms with Crippen molar-refractivity contribution in [1.82, 2.24) is 14.7 Å². The molecule has 1 aromatic rings. The molecule has 88 valence electrons. The van der Waals surface area contributed by atoms with Gasteiger partial charge in [-0.3, -0.25) is 5.41 Å². The van der Waals surface area contributed by atoms with E-state index in [-0.39, 0.29) is 5.96 Å². The number of nitrogens with two attached hydrogens (primary N) is 1. The molecule has 6 heteroatoms. The molecule has 0 saturated heterocycles. The van der Waals surface area contributed by atoms with Crippen molar-refractivity contribution in [2.24, 2.45) is 0 Å². The third-order valence-electron chi connectivity index (χ3n) is 1.75. The lowest BCUT2D eigenvalue weighted by Gasteiger charge is -2.20. The quantitative estimate of drug-likeness (QED) is 0.487. The summed E-state index contributed by atoms with van der Waals surface area (Å²) in [7, 11) is 1.53. The van der Waals surface area contributed by atoms with Gasteiger partial charge in [-0.15, -0.1) is 9.78 Å². The van der Waals surface area contributed by atoms with E-state index in [0.717, 1.165) is 0 Å². The predicted molar refractivity (Wildman–Crippen MR) is 58.6 cm³/mol. The number of hydrogen-bond donors (Lipinski definition) is 1. The van der Waals surface area contributed by atoms with E-state index in [1.54, 1.807) is 39.2 Å². The molecule has 16 heavy (non-hydrogen) atoms. The summed E-state index contributed by atoms with van der Waals surface area (Å²) in [5, 5.41) is 9.67. The van der Waals surface area contributed by atoms with Crippen LogP contribution in [0.2, 0.25) is 0 Å². The van der Waals surface area contributed by atoms with Gasteiger partial charge >= 0.3 is 12.1 Å². The molecule has 0 unspecified atom stereocenters. The van der Waals surface area contributed by atoms with Gasteiger partial charge in [-0.1, -0.05) is 0 Å². The third-order valence-corrected chi connectivity index (χ3v) is 1.75. The average Bonchev–Trinajstić information content (AvgIpc) is 2.65. The first-order chi connectivity index (χ1) is 7.31. The van der Waals surface area contributed by atoms with Gasteiger partial charge < -0.3 is 4.74 Å². The van der Waals surface area contributed by atoms with Crippen molar-refractivity contribution in [3.8, 4) is 0 Å². The number of amides is 1. The van der Waals surface area contributed by atoms with E-state index >= 15 is 0 Å². The zero-order valence-electron chi connectivity index (χ0n) is 9.97. The normalized spacial score (nSPS) is 11.0. The predicted octanol–water partition coefficient (Wildman–Crippen LogP) is -0.287. The van der Waals surface area contributed by atoms with E-state index in [1.807, 2.05) is 0 Å². The molecule has 0 fully saturated rings. The Morgan fingerprint density at radius 2 is 2.12 bits per heavy atom. The second kappa shape index (κ2) is 4.34. The molecule has 1 aromatic heterocycles. The van der Waals surface area contributed by atoms with Crippen LogP contribution >= 0.6 is 0 Å². The van der Waals surface area contributed by atoms with E-state index in [2.05, 4.69) is 5.10 Å². The number of carbonyl (C=O) groups excluding carboxylic acids is 1. The van der Waals surface area contributed by atoms with Gasteiger partial charge in [0.25, 0.3) is 0 Å². The number of nitrogens with zero attached hydrogens (tertiary/aromatic N) is 3. The van der Waals surface area contributed by atoms with Gasteiger partial charge in [-0.25, -0.2) is 4.79 Å². The van der Waals surface area contributed by atoms with Crippen molar-refractivity contribution in [1.29, 1.82) is 0 Å². The van der Waals surface area contributed by atoms with Crippen LogP contribution in [0.1, 0.15) is 20.8 Å². The van der Waals surface area contributed by atoms with Crippen LogP contribution in [0, 0.1) is 0 Å². The maximum atomic E-state index is 11.7. The number of rotatable bonds is 0. The van der Waals surface area contributed by atoms with Crippen LogP contribution in [0.15, 0.2) is 18.5 Å². The highest BCUT2D eigenvalue weighted by atomic mass is 16.6. The van der Waals surface area contributed by atoms with Crippen molar-refractivity contribution in [2.75, 3.05) is 7.05 Å². The van der Waals surface area contributed by atoms with Gasteiger partial charge in [0.15, 0.2) is 0 Å². The minimum Gasteiger partial charge on any atom is -0.432 e. The van der Waals surface area contributed by atoms with E-state index in [0.29, 0.717) is 0 Å². The molecule has 0 bridgehead atoms. The number of ether oxygens (including phenoxy) is 1. The molecule has 2 N–H and O–H groups in total. The minimum atomic E-state index is -0.546. The zero-order valence-corrected chi connectivity index (χ0v) is 9.97. The Morgan fingerprint density at radius 3 is 2.56 bits per heavy atom. The summed E-state index contributed by atoms with van der Waals surface area (Å²) < 4.78 is 6.56. The molecular formula is C10H17N4O2+. The van der Waals surface area contributed by atoms with Crippen molar-refractivity contribution in [3.63, 3.8) is 0 Å². The Kier molecular flexibility index (Phi) is 3.31. The highest BCUT2D eigenvalue weighted by Gasteiger charge is 2.28. The summed E-state index contributed by atoms with van der Waals surface area (Å²) in [6.07, 6.45) is 2.71. The van der Waals surface area contributed by atoms with Gasteiger partial charge in [-0.2, -0.15) is 4.90 Å². The van der Waals surface area contributed by atoms with Gasteiger partial charge in [0.2, 0.25) is 0 Å². The lowest BCUT2D eigenvalue weighted by Crippen LogP contribution is -2.56. The molecule has 6 nitrogen and oxygen atoms in total. The van der Waals surface area contributed by atoms with Crippen LogP contribution in [0.3, 0.4) is 0 Å². The maximum Gasteiger partial charge on any atom is 0.479 e. The summed E-state index contributed by atoms with van der Waals surface area (Å²) in [4.78, 5) is 12.9. The second-order valence-corrected chi connectivity index (χ2v) is 4.35. The lowest BCUT2D eigenvalue weighted by molar-refractivity contribution is -0.132. The van der Waals surface area contributed by atoms with Crippen LogP contribution in [-0.2, 0) is 4.74 Å². The zero-order chi connectivity index (χ0) is 12.3. The summed E-state index contributed by atoms with van der Waals surface area (Å²) in [5.74, 6) is 0.194. The SMILES string of the molecule is CN(C(=[NH2+])n1cccn1)C(=O)OC(C)(C)C. The van der Waals surface area contributed by atoms with E-state index in [1.165, 1.54) is 16.6 Å². The fourth-order valence-electron chi connectivity index (χ4n) is 0.982. The van der Waals surface area contributed by atoms with Gasteiger partial charge in [-0.05, 0) is 26.8 Å². The summed E-state index contributed by atoms with van der Waals surface area (Å²) >= 11 is 0. The molecule has 0 aliphatic carbocycles. The van der Waals surface area contributed by atoms with Crippen LogP contribution in [-0.4, -0.2) is 39.4 Å². The topological polar surface area (TPSA) is 73.0 Å². The third kappa shape index (κ3) is 3.08. The van der Waals surface area contributed by atoms with Crippen LogP contribution in [0.4, 0.5) is 4.79 Å². The molecule has 1 heterocycles. The standard InChI is InChI=1S/C10H16N4O2/c1-10(2,3)16-9(15)13(4)8(11)14-7-5-6-12-14/h5-7,11H,1-4H3/p+1. The fraction of sp³-hybridized carbons (Fsp3) is 0.500. The van der Waals surface area contributed by atoms with Gasteiger partial charge in [0.05, 0.1) is 19.4 Å². The van der Waals surface area contributed by atoms with Gasteiger partial charge in [0, 0.05) is 0 Å². The molecular weight excluding hydrogens is 208 g/mol. The van der Waals surface area contributed by atoms with Crippen molar-refractivity contribution >= 4 is 12.1 Å². The first-order valence-corrected chi connectivity index (χ1v) is 4.90. The molecule has 1 rings (SSSR count). The fourth-order valence-corrected chi connectivity index (χ4v) is 0.982. The molecule has 0 aliphatic rings. The monoisotopic (exact) mass is 225 g/mol. The number of aromatic nitrogens is 2. The molecule has 0 radical (unpaired) electrons. The van der Waals surface area contributed by atoms with Crippen LogP contribution in [0.25, 0.3) is 0 Å². The maximum absolute atomic E-state index is 11.7. The van der Waals surface area contributed by atoms with Crippen molar-refractivity contribution in [2.45, 2.75) is 26.4 Å². The second-order valence-electron chi connectivity index (χ2n) is 4.35. The summed E-state index contributed by atoms with van der Waals surface area (Å²) in [5.41, 5.74) is -0.546. The highest BCUT2D eigenvalue weighted by Crippen LogP contribution is 2.08. The lowest BCUT2D eigenvalue weighted by atomic mass is 10.2. The molecule has 0 aromatic carbocycles. The Morgan fingerprint density at radius 1 is 1.50 bits per heavy atom. The van der Waals surface area contributed by atoms with Crippen molar-refractivity contribution < 1.29 is 14.9 Å². The largest absolute Gasteiger partial charge is 0.479 e. The Bertz CT molecular complexity index is 378. The first kappa shape index (κ1) is 12.2. The summed E-state index contributed by atoms with van der Waals surface area (Å²) in [6.45, 7) is 5.38. The number of carbonyl (C=O) groups is 1. The Balaban J connectivity index is 2.68. The van der Waals surface area contributed by atoms with Crippen LogP contribution in [0.5, 0.6) is 0 Å².